The Morgan fingerprint density at radius 3 is 1.38 bits per heavy atom. The molecule has 0 nitrogen and oxygen atoms in total. The van der Waals surface area contributed by atoms with Gasteiger partial charge >= 0.3 is 6.18 Å². The third-order valence-corrected chi connectivity index (χ3v) is 2.27. The SMILES string of the molecule is CC(C)(C)CCC(C)(C)C(F)(F)F. The summed E-state index contributed by atoms with van der Waals surface area (Å²) in [5, 5.41) is 0. The maximum Gasteiger partial charge on any atom is 0.393 e. The Hall–Kier alpha value is -0.210. The van der Waals surface area contributed by atoms with Crippen molar-refractivity contribution in [3.05, 3.63) is 0 Å². The van der Waals surface area contributed by atoms with Crippen molar-refractivity contribution in [3.8, 4) is 0 Å². The fraction of sp³-hybridized carbons (Fsp3) is 1.00. The molecule has 0 aromatic heterocycles. The van der Waals surface area contributed by atoms with Crippen molar-refractivity contribution in [2.45, 2.75) is 53.6 Å². The summed E-state index contributed by atoms with van der Waals surface area (Å²) in [6.07, 6.45) is -3.29. The van der Waals surface area contributed by atoms with Crippen LogP contribution >= 0.6 is 0 Å². The highest BCUT2D eigenvalue weighted by atomic mass is 19.4. The van der Waals surface area contributed by atoms with Crippen LogP contribution in [-0.4, -0.2) is 6.18 Å². The standard InChI is InChI=1S/C10H19F3/c1-8(2,3)6-7-9(4,5)10(11,12)13/h6-7H2,1-5H3. The van der Waals surface area contributed by atoms with E-state index in [9.17, 15) is 13.2 Å². The van der Waals surface area contributed by atoms with Gasteiger partial charge in [0, 0.05) is 0 Å². The molecule has 13 heavy (non-hydrogen) atoms. The molecule has 0 spiro atoms. The smallest absolute Gasteiger partial charge is 0.171 e. The fourth-order valence-electron chi connectivity index (χ4n) is 0.829. The third-order valence-electron chi connectivity index (χ3n) is 2.27. The van der Waals surface area contributed by atoms with Gasteiger partial charge in [0.2, 0.25) is 0 Å². The zero-order valence-corrected chi connectivity index (χ0v) is 9.05. The number of hydrogen-bond acceptors (Lipinski definition) is 0. The van der Waals surface area contributed by atoms with Gasteiger partial charge in [-0.2, -0.15) is 13.2 Å². The molecule has 0 saturated carbocycles. The lowest BCUT2D eigenvalue weighted by Gasteiger charge is -2.30. The lowest BCUT2D eigenvalue weighted by atomic mass is 9.80. The first-order chi connectivity index (χ1) is 5.46. The third kappa shape index (κ3) is 4.53. The van der Waals surface area contributed by atoms with Crippen molar-refractivity contribution in [2.24, 2.45) is 10.8 Å². The molecule has 0 atom stereocenters. The zero-order valence-electron chi connectivity index (χ0n) is 9.05. The van der Waals surface area contributed by atoms with E-state index >= 15 is 0 Å². The van der Waals surface area contributed by atoms with Crippen molar-refractivity contribution in [1.29, 1.82) is 0 Å². The van der Waals surface area contributed by atoms with Crippen molar-refractivity contribution >= 4 is 0 Å². The van der Waals surface area contributed by atoms with Crippen LogP contribution in [0.4, 0.5) is 13.2 Å². The molecule has 0 aliphatic carbocycles. The molecule has 3 heteroatoms. The molecule has 0 aromatic rings. The molecular weight excluding hydrogens is 177 g/mol. The molecule has 0 fully saturated rings. The Labute approximate surface area is 78.5 Å². The van der Waals surface area contributed by atoms with E-state index in [4.69, 9.17) is 0 Å². The van der Waals surface area contributed by atoms with Crippen molar-refractivity contribution in [3.63, 3.8) is 0 Å². The van der Waals surface area contributed by atoms with E-state index in [1.807, 2.05) is 20.8 Å². The minimum Gasteiger partial charge on any atom is -0.171 e. The maximum absolute atomic E-state index is 12.4. The summed E-state index contributed by atoms with van der Waals surface area (Å²) in [5.41, 5.74) is -1.58. The van der Waals surface area contributed by atoms with E-state index in [0.717, 1.165) is 0 Å². The van der Waals surface area contributed by atoms with Gasteiger partial charge in [-0.25, -0.2) is 0 Å². The average molecular weight is 196 g/mol. The highest BCUT2D eigenvalue weighted by Gasteiger charge is 2.46. The molecule has 0 bridgehead atoms. The van der Waals surface area contributed by atoms with Crippen molar-refractivity contribution in [1.82, 2.24) is 0 Å². The van der Waals surface area contributed by atoms with Crippen molar-refractivity contribution < 1.29 is 13.2 Å². The molecule has 0 saturated heterocycles. The number of alkyl halides is 3. The first-order valence-corrected chi connectivity index (χ1v) is 4.52. The largest absolute Gasteiger partial charge is 0.393 e. The molecular formula is C10H19F3. The highest BCUT2D eigenvalue weighted by molar-refractivity contribution is 4.79. The lowest BCUT2D eigenvalue weighted by molar-refractivity contribution is -0.215. The Kier molecular flexibility index (Phi) is 3.45. The van der Waals surface area contributed by atoms with Gasteiger partial charge in [0.1, 0.15) is 0 Å². The lowest BCUT2D eigenvalue weighted by Crippen LogP contribution is -2.33. The summed E-state index contributed by atoms with van der Waals surface area (Å²) < 4.78 is 37.2. The van der Waals surface area contributed by atoms with Gasteiger partial charge in [-0.05, 0) is 18.3 Å². The topological polar surface area (TPSA) is 0 Å². The van der Waals surface area contributed by atoms with E-state index in [1.165, 1.54) is 13.8 Å². The highest BCUT2D eigenvalue weighted by Crippen LogP contribution is 2.43. The summed E-state index contributed by atoms with van der Waals surface area (Å²) in [5.74, 6) is 0. The van der Waals surface area contributed by atoms with Crippen LogP contribution in [0.5, 0.6) is 0 Å². The molecule has 80 valence electrons. The van der Waals surface area contributed by atoms with Crippen molar-refractivity contribution in [2.75, 3.05) is 0 Å². The van der Waals surface area contributed by atoms with Crippen LogP contribution in [0.15, 0.2) is 0 Å². The van der Waals surface area contributed by atoms with Gasteiger partial charge in [0.05, 0.1) is 5.41 Å². The van der Waals surface area contributed by atoms with E-state index in [0.29, 0.717) is 6.42 Å². The molecule has 0 amide bonds. The minimum atomic E-state index is -4.09. The van der Waals surface area contributed by atoms with E-state index < -0.39 is 11.6 Å². The number of halogens is 3. The van der Waals surface area contributed by atoms with Crippen LogP contribution in [0.3, 0.4) is 0 Å². The summed E-state index contributed by atoms with van der Waals surface area (Å²) in [6.45, 7) is 8.40. The fourth-order valence-corrected chi connectivity index (χ4v) is 0.829. The van der Waals surface area contributed by atoms with Gasteiger partial charge in [-0.15, -0.1) is 0 Å². The number of rotatable bonds is 2. The molecule has 0 aliphatic heterocycles. The summed E-state index contributed by atoms with van der Waals surface area (Å²) in [4.78, 5) is 0. The molecule has 0 aliphatic rings. The molecule has 0 heterocycles. The number of hydrogen-bond donors (Lipinski definition) is 0. The van der Waals surface area contributed by atoms with Gasteiger partial charge in [-0.3, -0.25) is 0 Å². The second kappa shape index (κ2) is 3.50. The average Bonchev–Trinajstić information content (AvgIpc) is 1.79. The summed E-state index contributed by atoms with van der Waals surface area (Å²) >= 11 is 0. The summed E-state index contributed by atoms with van der Waals surface area (Å²) in [6, 6.07) is 0. The Morgan fingerprint density at radius 1 is 0.769 bits per heavy atom. The van der Waals surface area contributed by atoms with Gasteiger partial charge < -0.3 is 0 Å². The predicted molar refractivity (Wildman–Crippen MR) is 48.5 cm³/mol. The van der Waals surface area contributed by atoms with Gasteiger partial charge in [0.25, 0.3) is 0 Å². The first kappa shape index (κ1) is 12.8. The zero-order chi connectivity index (χ0) is 10.9. The van der Waals surface area contributed by atoms with Crippen LogP contribution in [0.1, 0.15) is 47.5 Å². The van der Waals surface area contributed by atoms with E-state index in [-0.39, 0.29) is 11.8 Å². The normalized spacial score (nSPS) is 14.8. The van der Waals surface area contributed by atoms with Crippen LogP contribution < -0.4 is 0 Å². The van der Waals surface area contributed by atoms with Gasteiger partial charge in [-0.1, -0.05) is 34.6 Å². The Bertz CT molecular complexity index is 160. The Balaban J connectivity index is 4.21. The predicted octanol–water partition coefficient (Wildman–Crippen LogP) is 4.40. The molecule has 0 rings (SSSR count). The van der Waals surface area contributed by atoms with Crippen LogP contribution in [0, 0.1) is 10.8 Å². The van der Waals surface area contributed by atoms with Gasteiger partial charge in [0.15, 0.2) is 0 Å². The minimum absolute atomic E-state index is 0.0253. The monoisotopic (exact) mass is 196 g/mol. The van der Waals surface area contributed by atoms with E-state index in [2.05, 4.69) is 0 Å². The molecule has 0 N–H and O–H groups in total. The first-order valence-electron chi connectivity index (χ1n) is 4.52. The summed E-state index contributed by atoms with van der Waals surface area (Å²) in [7, 11) is 0. The molecule has 0 radical (unpaired) electrons. The van der Waals surface area contributed by atoms with Crippen LogP contribution in [-0.2, 0) is 0 Å². The molecule has 0 unspecified atom stereocenters. The second-order valence-corrected chi connectivity index (χ2v) is 5.44. The van der Waals surface area contributed by atoms with Crippen LogP contribution in [0.25, 0.3) is 0 Å². The Morgan fingerprint density at radius 2 is 1.15 bits per heavy atom. The molecule has 0 aromatic carbocycles. The van der Waals surface area contributed by atoms with Crippen LogP contribution in [0.2, 0.25) is 0 Å². The second-order valence-electron chi connectivity index (χ2n) is 5.44. The van der Waals surface area contributed by atoms with E-state index in [1.54, 1.807) is 0 Å². The quantitative estimate of drug-likeness (QED) is 0.614. The maximum atomic E-state index is 12.4.